The number of rotatable bonds is 7. The Bertz CT molecular complexity index is 884. The van der Waals surface area contributed by atoms with Gasteiger partial charge in [0, 0.05) is 11.9 Å². The van der Waals surface area contributed by atoms with Gasteiger partial charge < -0.3 is 10.1 Å². The van der Waals surface area contributed by atoms with E-state index in [0.717, 1.165) is 10.6 Å². The number of sulfonamides is 1. The van der Waals surface area contributed by atoms with Crippen molar-refractivity contribution in [3.05, 3.63) is 59.9 Å². The van der Waals surface area contributed by atoms with Crippen molar-refractivity contribution in [1.82, 2.24) is 9.29 Å². The number of pyridine rings is 1. The number of esters is 1. The Morgan fingerprint density at radius 3 is 2.58 bits per heavy atom. The average molecular weight is 377 g/mol. The number of nitrogens with one attached hydrogen (secondary N) is 1. The molecule has 0 spiro atoms. The highest BCUT2D eigenvalue weighted by molar-refractivity contribution is 7.88. The van der Waals surface area contributed by atoms with E-state index in [1.165, 1.54) is 13.2 Å². The van der Waals surface area contributed by atoms with Crippen LogP contribution in [0.4, 0.5) is 5.69 Å². The standard InChI is InChI=1S/C17H19N3O5S/c1-25-17(22)13-6-5-8-14(10-13)19-16(21)12-20(26(2,23)24)11-15-7-3-4-9-18-15/h3-10H,11-12H2,1-2H3,(H,19,21). The first kappa shape index (κ1) is 19.5. The van der Waals surface area contributed by atoms with Gasteiger partial charge in [-0.15, -0.1) is 0 Å². The van der Waals surface area contributed by atoms with Gasteiger partial charge in [-0.2, -0.15) is 4.31 Å². The second-order valence-corrected chi connectivity index (χ2v) is 7.46. The molecule has 2 aromatic rings. The lowest BCUT2D eigenvalue weighted by Crippen LogP contribution is -2.37. The number of nitrogens with zero attached hydrogens (tertiary/aromatic N) is 2. The molecule has 9 heteroatoms. The largest absolute Gasteiger partial charge is 0.465 e. The third kappa shape index (κ3) is 5.64. The topological polar surface area (TPSA) is 106 Å². The first-order valence-electron chi connectivity index (χ1n) is 7.63. The van der Waals surface area contributed by atoms with E-state index < -0.39 is 21.9 Å². The lowest BCUT2D eigenvalue weighted by atomic mass is 10.2. The molecular weight excluding hydrogens is 358 g/mol. The Kier molecular flexibility index (Phi) is 6.42. The summed E-state index contributed by atoms with van der Waals surface area (Å²) in [6, 6.07) is 11.3. The third-order valence-corrected chi connectivity index (χ3v) is 4.62. The number of aromatic nitrogens is 1. The summed E-state index contributed by atoms with van der Waals surface area (Å²) in [4.78, 5) is 27.9. The van der Waals surface area contributed by atoms with Gasteiger partial charge in [-0.05, 0) is 30.3 Å². The second kappa shape index (κ2) is 8.54. The number of benzene rings is 1. The Hall–Kier alpha value is -2.78. The molecule has 1 aromatic carbocycles. The molecule has 0 saturated carbocycles. The van der Waals surface area contributed by atoms with E-state index >= 15 is 0 Å². The van der Waals surface area contributed by atoms with E-state index in [2.05, 4.69) is 15.0 Å². The summed E-state index contributed by atoms with van der Waals surface area (Å²) < 4.78 is 29.6. The molecule has 0 radical (unpaired) electrons. The minimum Gasteiger partial charge on any atom is -0.465 e. The maximum absolute atomic E-state index is 12.3. The van der Waals surface area contributed by atoms with Crippen LogP contribution in [0.25, 0.3) is 0 Å². The van der Waals surface area contributed by atoms with Crippen molar-refractivity contribution in [2.24, 2.45) is 0 Å². The average Bonchev–Trinajstić information content (AvgIpc) is 2.60. The van der Waals surface area contributed by atoms with Gasteiger partial charge in [0.15, 0.2) is 0 Å². The number of amides is 1. The summed E-state index contributed by atoms with van der Waals surface area (Å²) in [5.41, 5.74) is 1.17. The van der Waals surface area contributed by atoms with Crippen molar-refractivity contribution in [3.63, 3.8) is 0 Å². The second-order valence-electron chi connectivity index (χ2n) is 5.47. The summed E-state index contributed by atoms with van der Waals surface area (Å²) in [5, 5.41) is 2.58. The van der Waals surface area contributed by atoms with Crippen LogP contribution in [0.3, 0.4) is 0 Å². The van der Waals surface area contributed by atoms with Crippen LogP contribution in [0.1, 0.15) is 16.1 Å². The van der Waals surface area contributed by atoms with E-state index in [4.69, 9.17) is 0 Å². The molecule has 0 unspecified atom stereocenters. The van der Waals surface area contributed by atoms with Crippen LogP contribution in [-0.4, -0.2) is 49.5 Å². The first-order chi connectivity index (χ1) is 12.3. The van der Waals surface area contributed by atoms with Gasteiger partial charge in [0.25, 0.3) is 0 Å². The summed E-state index contributed by atoms with van der Waals surface area (Å²) in [6.07, 6.45) is 2.58. The van der Waals surface area contributed by atoms with Crippen molar-refractivity contribution in [2.45, 2.75) is 6.54 Å². The van der Waals surface area contributed by atoms with E-state index in [-0.39, 0.29) is 18.7 Å². The zero-order valence-corrected chi connectivity index (χ0v) is 15.2. The smallest absolute Gasteiger partial charge is 0.337 e. The number of carbonyl (C=O) groups excluding carboxylic acids is 2. The Morgan fingerprint density at radius 1 is 1.19 bits per heavy atom. The quantitative estimate of drug-likeness (QED) is 0.729. The fourth-order valence-electron chi connectivity index (χ4n) is 2.17. The molecule has 0 saturated heterocycles. The molecule has 0 aliphatic rings. The summed E-state index contributed by atoms with van der Waals surface area (Å²) >= 11 is 0. The zero-order chi connectivity index (χ0) is 19.2. The lowest BCUT2D eigenvalue weighted by Gasteiger charge is -2.19. The molecular formula is C17H19N3O5S. The molecule has 2 rings (SSSR count). The van der Waals surface area contributed by atoms with E-state index in [0.29, 0.717) is 11.4 Å². The Morgan fingerprint density at radius 2 is 1.96 bits per heavy atom. The van der Waals surface area contributed by atoms with Crippen molar-refractivity contribution in [1.29, 1.82) is 0 Å². The number of hydrogen-bond acceptors (Lipinski definition) is 6. The van der Waals surface area contributed by atoms with Gasteiger partial charge in [-0.25, -0.2) is 13.2 Å². The van der Waals surface area contributed by atoms with Crippen molar-refractivity contribution in [2.75, 3.05) is 25.2 Å². The summed E-state index contributed by atoms with van der Waals surface area (Å²) in [7, 11) is -2.36. The van der Waals surface area contributed by atoms with Gasteiger partial charge in [-0.1, -0.05) is 12.1 Å². The minimum atomic E-state index is -3.62. The molecule has 1 heterocycles. The van der Waals surface area contributed by atoms with Gasteiger partial charge in [0.1, 0.15) is 0 Å². The van der Waals surface area contributed by atoms with Gasteiger partial charge >= 0.3 is 5.97 Å². The van der Waals surface area contributed by atoms with E-state index in [1.807, 2.05) is 0 Å². The lowest BCUT2D eigenvalue weighted by molar-refractivity contribution is -0.116. The predicted octanol–water partition coefficient (Wildman–Crippen LogP) is 1.27. The van der Waals surface area contributed by atoms with Crippen molar-refractivity contribution < 1.29 is 22.7 Å². The number of methoxy groups -OCH3 is 1. The van der Waals surface area contributed by atoms with E-state index in [1.54, 1.807) is 42.6 Å². The Balaban J connectivity index is 2.09. The molecule has 8 nitrogen and oxygen atoms in total. The Labute approximate surface area is 151 Å². The summed E-state index contributed by atoms with van der Waals surface area (Å²) in [5.74, 6) is -1.07. The molecule has 26 heavy (non-hydrogen) atoms. The molecule has 1 aromatic heterocycles. The SMILES string of the molecule is COC(=O)c1cccc(NC(=O)CN(Cc2ccccn2)S(C)(=O)=O)c1. The highest BCUT2D eigenvalue weighted by Crippen LogP contribution is 2.12. The molecule has 1 N–H and O–H groups in total. The van der Waals surface area contributed by atoms with Gasteiger partial charge in [0.05, 0.1) is 37.7 Å². The zero-order valence-electron chi connectivity index (χ0n) is 14.4. The molecule has 0 fully saturated rings. The van der Waals surface area contributed by atoms with Gasteiger partial charge in [-0.3, -0.25) is 9.78 Å². The fourth-order valence-corrected chi connectivity index (χ4v) is 2.88. The summed E-state index contributed by atoms with van der Waals surface area (Å²) in [6.45, 7) is -0.396. The number of ether oxygens (including phenoxy) is 1. The fraction of sp³-hybridized carbons (Fsp3) is 0.235. The number of anilines is 1. The maximum atomic E-state index is 12.3. The highest BCUT2D eigenvalue weighted by atomic mass is 32.2. The van der Waals surface area contributed by atoms with Crippen LogP contribution in [-0.2, 0) is 26.1 Å². The van der Waals surface area contributed by atoms with Crippen molar-refractivity contribution >= 4 is 27.6 Å². The van der Waals surface area contributed by atoms with Crippen LogP contribution in [0.2, 0.25) is 0 Å². The maximum Gasteiger partial charge on any atom is 0.337 e. The number of hydrogen-bond donors (Lipinski definition) is 1. The normalized spacial score (nSPS) is 11.2. The molecule has 0 bridgehead atoms. The van der Waals surface area contributed by atoms with Crippen molar-refractivity contribution in [3.8, 4) is 0 Å². The van der Waals surface area contributed by atoms with Crippen LogP contribution >= 0.6 is 0 Å². The van der Waals surface area contributed by atoms with Crippen LogP contribution < -0.4 is 5.32 Å². The van der Waals surface area contributed by atoms with Gasteiger partial charge in [0.2, 0.25) is 15.9 Å². The van der Waals surface area contributed by atoms with E-state index in [9.17, 15) is 18.0 Å². The van der Waals surface area contributed by atoms with Crippen LogP contribution in [0.5, 0.6) is 0 Å². The highest BCUT2D eigenvalue weighted by Gasteiger charge is 2.21. The predicted molar refractivity (Wildman–Crippen MR) is 95.9 cm³/mol. The third-order valence-electron chi connectivity index (χ3n) is 3.42. The number of carbonyl (C=O) groups is 2. The van der Waals surface area contributed by atoms with Crippen LogP contribution in [0, 0.1) is 0 Å². The minimum absolute atomic E-state index is 0.0186. The first-order valence-corrected chi connectivity index (χ1v) is 9.47. The monoisotopic (exact) mass is 377 g/mol. The molecule has 0 aliphatic carbocycles. The molecule has 138 valence electrons. The molecule has 1 amide bonds. The van der Waals surface area contributed by atoms with Crippen LogP contribution in [0.15, 0.2) is 48.7 Å². The molecule has 0 aliphatic heterocycles. The molecule has 0 atom stereocenters.